The van der Waals surface area contributed by atoms with E-state index in [-0.39, 0.29) is 17.4 Å². The number of hydrogen-bond donors (Lipinski definition) is 2. The van der Waals surface area contributed by atoms with Gasteiger partial charge in [-0.1, -0.05) is 74.5 Å². The van der Waals surface area contributed by atoms with Crippen molar-refractivity contribution in [3.63, 3.8) is 0 Å². The molecule has 6 nitrogen and oxygen atoms in total. The second-order valence-electron chi connectivity index (χ2n) is 5.53. The molecular formula is C18H14BrClN4O2S3. The van der Waals surface area contributed by atoms with E-state index in [1.165, 1.54) is 29.3 Å². The highest BCUT2D eigenvalue weighted by Gasteiger charge is 2.09. The summed E-state index contributed by atoms with van der Waals surface area (Å²) in [6, 6.07) is 12.6. The van der Waals surface area contributed by atoms with Crippen LogP contribution in [0.4, 0.5) is 0 Å². The number of rotatable bonds is 8. The Morgan fingerprint density at radius 2 is 1.93 bits per heavy atom. The number of benzene rings is 2. The highest BCUT2D eigenvalue weighted by atomic mass is 79.9. The largest absolute Gasteiger partial charge is 0.507 e. The molecule has 0 aliphatic rings. The Labute approximate surface area is 193 Å². The van der Waals surface area contributed by atoms with E-state index < -0.39 is 0 Å². The zero-order valence-electron chi connectivity index (χ0n) is 14.7. The molecule has 3 aromatic rings. The minimum atomic E-state index is -0.272. The average Bonchev–Trinajstić information content (AvgIpc) is 3.16. The molecule has 0 saturated carbocycles. The second-order valence-corrected chi connectivity index (χ2v) is 10.3. The molecule has 11 heteroatoms. The normalized spacial score (nSPS) is 11.1. The Balaban J connectivity index is 1.43. The number of amides is 1. The van der Waals surface area contributed by atoms with E-state index in [1.54, 1.807) is 30.0 Å². The third-order valence-electron chi connectivity index (χ3n) is 3.37. The van der Waals surface area contributed by atoms with Gasteiger partial charge < -0.3 is 5.11 Å². The molecule has 0 saturated heterocycles. The quantitative estimate of drug-likeness (QED) is 0.237. The number of carbonyl (C=O) groups excluding carboxylic acids is 1. The van der Waals surface area contributed by atoms with Gasteiger partial charge >= 0.3 is 0 Å². The van der Waals surface area contributed by atoms with Gasteiger partial charge in [-0.15, -0.1) is 10.2 Å². The summed E-state index contributed by atoms with van der Waals surface area (Å²) in [5.74, 6) is 0.747. The highest BCUT2D eigenvalue weighted by molar-refractivity contribution is 9.10. The molecule has 0 spiro atoms. The van der Waals surface area contributed by atoms with Crippen LogP contribution < -0.4 is 5.43 Å². The molecule has 0 aliphatic carbocycles. The summed E-state index contributed by atoms with van der Waals surface area (Å²) in [5.41, 5.74) is 4.08. The number of thioether (sulfide) groups is 2. The van der Waals surface area contributed by atoms with Gasteiger partial charge in [0.2, 0.25) is 0 Å². The molecule has 0 fully saturated rings. The van der Waals surface area contributed by atoms with E-state index in [2.05, 4.69) is 36.7 Å². The fourth-order valence-corrected chi connectivity index (χ4v) is 5.27. The van der Waals surface area contributed by atoms with Crippen molar-refractivity contribution in [1.82, 2.24) is 15.6 Å². The molecule has 0 aliphatic heterocycles. The Hall–Kier alpha value is -1.59. The topological polar surface area (TPSA) is 87.5 Å². The molecule has 2 N–H and O–H groups in total. The third-order valence-corrected chi connectivity index (χ3v) is 7.38. The van der Waals surface area contributed by atoms with E-state index in [0.29, 0.717) is 14.9 Å². The van der Waals surface area contributed by atoms with Crippen LogP contribution in [0.25, 0.3) is 0 Å². The first-order valence-corrected chi connectivity index (χ1v) is 12.1. The van der Waals surface area contributed by atoms with Gasteiger partial charge in [-0.3, -0.25) is 4.79 Å². The highest BCUT2D eigenvalue weighted by Crippen LogP contribution is 2.30. The maximum atomic E-state index is 11.9. The van der Waals surface area contributed by atoms with Crippen LogP contribution in [0, 0.1) is 0 Å². The molecule has 1 aromatic heterocycles. The summed E-state index contributed by atoms with van der Waals surface area (Å²) in [6.45, 7) is 0. The predicted molar refractivity (Wildman–Crippen MR) is 123 cm³/mol. The van der Waals surface area contributed by atoms with Crippen LogP contribution in [0.1, 0.15) is 11.1 Å². The molecule has 0 bridgehead atoms. The predicted octanol–water partition coefficient (Wildman–Crippen LogP) is 5.19. The van der Waals surface area contributed by atoms with Gasteiger partial charge in [0.15, 0.2) is 8.68 Å². The van der Waals surface area contributed by atoms with Crippen LogP contribution in [-0.4, -0.2) is 33.2 Å². The number of aromatic nitrogens is 2. The van der Waals surface area contributed by atoms with Crippen LogP contribution in [0.15, 0.2) is 60.7 Å². The summed E-state index contributed by atoms with van der Waals surface area (Å²) < 4.78 is 2.36. The summed E-state index contributed by atoms with van der Waals surface area (Å²) in [4.78, 5) is 11.9. The van der Waals surface area contributed by atoms with Crippen LogP contribution in [0.5, 0.6) is 5.75 Å². The van der Waals surface area contributed by atoms with Crippen molar-refractivity contribution in [2.75, 3.05) is 5.75 Å². The van der Waals surface area contributed by atoms with Crippen LogP contribution in [-0.2, 0) is 10.5 Å². The lowest BCUT2D eigenvalue weighted by Gasteiger charge is -2.00. The number of phenols is 1. The molecule has 0 unspecified atom stereocenters. The van der Waals surface area contributed by atoms with Crippen molar-refractivity contribution in [3.8, 4) is 5.75 Å². The first-order valence-electron chi connectivity index (χ1n) is 8.13. The van der Waals surface area contributed by atoms with Crippen molar-refractivity contribution < 1.29 is 9.90 Å². The van der Waals surface area contributed by atoms with E-state index >= 15 is 0 Å². The van der Waals surface area contributed by atoms with Crippen molar-refractivity contribution >= 4 is 74.5 Å². The van der Waals surface area contributed by atoms with Gasteiger partial charge in [0.1, 0.15) is 5.75 Å². The maximum absolute atomic E-state index is 11.9. The molecule has 150 valence electrons. The Bertz CT molecular complexity index is 1010. The van der Waals surface area contributed by atoms with E-state index in [9.17, 15) is 9.90 Å². The Morgan fingerprint density at radius 3 is 2.69 bits per heavy atom. The molecular weight excluding hydrogens is 516 g/mol. The van der Waals surface area contributed by atoms with Gasteiger partial charge in [0, 0.05) is 20.8 Å². The molecule has 1 heterocycles. The smallest absolute Gasteiger partial charge is 0.250 e. The lowest BCUT2D eigenvalue weighted by Crippen LogP contribution is -2.19. The number of phenolic OH excluding ortho intramolecular Hbond substituents is 1. The van der Waals surface area contributed by atoms with Crippen molar-refractivity contribution in [2.24, 2.45) is 5.10 Å². The van der Waals surface area contributed by atoms with Crippen LogP contribution >= 0.6 is 62.4 Å². The summed E-state index contributed by atoms with van der Waals surface area (Å²) >= 11 is 13.5. The minimum Gasteiger partial charge on any atom is -0.507 e. The molecule has 1 amide bonds. The van der Waals surface area contributed by atoms with Gasteiger partial charge in [-0.2, -0.15) is 5.10 Å². The van der Waals surface area contributed by atoms with E-state index in [4.69, 9.17) is 11.6 Å². The second kappa shape index (κ2) is 11.0. The zero-order chi connectivity index (χ0) is 20.6. The van der Waals surface area contributed by atoms with Gasteiger partial charge in [0.25, 0.3) is 5.91 Å². The number of hydrogen-bond acceptors (Lipinski definition) is 8. The number of aromatic hydroxyl groups is 1. The van der Waals surface area contributed by atoms with Crippen molar-refractivity contribution in [3.05, 3.63) is 63.1 Å². The van der Waals surface area contributed by atoms with Gasteiger partial charge in [-0.25, -0.2) is 5.43 Å². The third kappa shape index (κ3) is 7.31. The SMILES string of the molecule is O=C(CSc1nnc(SCc2ccc(Cl)cc2)s1)N/N=C\c1cc(Br)ccc1O. The molecule has 3 rings (SSSR count). The first kappa shape index (κ1) is 22.1. The first-order chi connectivity index (χ1) is 14.0. The summed E-state index contributed by atoms with van der Waals surface area (Å²) in [5, 5.41) is 22.5. The van der Waals surface area contributed by atoms with Crippen molar-refractivity contribution in [1.29, 1.82) is 0 Å². The Kier molecular flexibility index (Phi) is 8.37. The zero-order valence-corrected chi connectivity index (χ0v) is 19.5. The molecule has 2 aromatic carbocycles. The molecule has 29 heavy (non-hydrogen) atoms. The fourth-order valence-electron chi connectivity index (χ4n) is 2.00. The lowest BCUT2D eigenvalue weighted by molar-refractivity contribution is -0.118. The van der Waals surface area contributed by atoms with E-state index in [1.807, 2.05) is 24.3 Å². The number of carbonyl (C=O) groups is 1. The minimum absolute atomic E-state index is 0.0815. The Morgan fingerprint density at radius 1 is 1.21 bits per heavy atom. The number of halogens is 2. The number of nitrogens with one attached hydrogen (secondary N) is 1. The van der Waals surface area contributed by atoms with Crippen LogP contribution in [0.3, 0.4) is 0 Å². The molecule has 0 radical (unpaired) electrons. The summed E-state index contributed by atoms with van der Waals surface area (Å²) in [7, 11) is 0. The van der Waals surface area contributed by atoms with E-state index in [0.717, 1.165) is 20.1 Å². The lowest BCUT2D eigenvalue weighted by atomic mass is 10.2. The maximum Gasteiger partial charge on any atom is 0.250 e. The number of hydrazone groups is 1. The van der Waals surface area contributed by atoms with Crippen LogP contribution in [0.2, 0.25) is 5.02 Å². The number of nitrogens with zero attached hydrogens (tertiary/aromatic N) is 3. The van der Waals surface area contributed by atoms with Crippen molar-refractivity contribution in [2.45, 2.75) is 14.4 Å². The summed E-state index contributed by atoms with van der Waals surface area (Å²) in [6.07, 6.45) is 1.39. The van der Waals surface area contributed by atoms with Gasteiger partial charge in [-0.05, 0) is 35.9 Å². The monoisotopic (exact) mass is 528 g/mol. The van der Waals surface area contributed by atoms with Gasteiger partial charge in [0.05, 0.1) is 12.0 Å². The average molecular weight is 530 g/mol. The molecule has 0 atom stereocenters. The standard InChI is InChI=1S/C18H14BrClN4O2S3/c19-13-3-6-15(25)12(7-13)8-21-22-16(26)10-28-18-24-23-17(29-18)27-9-11-1-4-14(20)5-2-11/h1-8,25H,9-10H2,(H,22,26)/b21-8-. The fraction of sp³-hybridized carbons (Fsp3) is 0.111.